The van der Waals surface area contributed by atoms with Gasteiger partial charge in [0.15, 0.2) is 0 Å². The summed E-state index contributed by atoms with van der Waals surface area (Å²) in [5.41, 5.74) is 2.44. The molecule has 0 spiro atoms. The number of hydrogen-bond acceptors (Lipinski definition) is 1. The lowest BCUT2D eigenvalue weighted by molar-refractivity contribution is -0.119. The molecule has 2 rings (SSSR count). The molecular weight excluding hydrogens is 210 g/mol. The summed E-state index contributed by atoms with van der Waals surface area (Å²) >= 11 is 0. The van der Waals surface area contributed by atoms with E-state index in [2.05, 4.69) is 39.0 Å². The lowest BCUT2D eigenvalue weighted by Crippen LogP contribution is -2.36. The summed E-state index contributed by atoms with van der Waals surface area (Å²) in [4.78, 5) is 14.2. The van der Waals surface area contributed by atoms with Crippen LogP contribution < -0.4 is 4.90 Å². The standard InChI is InChI=1S/C15H21NO/c1-11(2)10-15(17)16-9-8-12(3)13-6-4-5-7-14(13)16/h4-7,11-12H,8-10H2,1-3H3. The van der Waals surface area contributed by atoms with Crippen LogP contribution in [0, 0.1) is 5.92 Å². The molecule has 2 nitrogen and oxygen atoms in total. The van der Waals surface area contributed by atoms with E-state index in [4.69, 9.17) is 0 Å². The number of benzene rings is 1. The largest absolute Gasteiger partial charge is 0.312 e. The summed E-state index contributed by atoms with van der Waals surface area (Å²) in [7, 11) is 0. The number of hydrogen-bond donors (Lipinski definition) is 0. The highest BCUT2D eigenvalue weighted by Crippen LogP contribution is 2.35. The molecule has 1 amide bonds. The quantitative estimate of drug-likeness (QED) is 0.762. The molecule has 0 bridgehead atoms. The Hall–Kier alpha value is -1.31. The van der Waals surface area contributed by atoms with Gasteiger partial charge in [-0.1, -0.05) is 39.0 Å². The smallest absolute Gasteiger partial charge is 0.227 e. The first-order chi connectivity index (χ1) is 8.09. The average molecular weight is 231 g/mol. The number of carbonyl (C=O) groups excluding carboxylic acids is 1. The van der Waals surface area contributed by atoms with Crippen LogP contribution in [-0.4, -0.2) is 12.5 Å². The number of nitrogens with zero attached hydrogens (tertiary/aromatic N) is 1. The van der Waals surface area contributed by atoms with E-state index in [1.54, 1.807) is 0 Å². The predicted octanol–water partition coefficient (Wildman–Crippen LogP) is 3.57. The number of fused-ring (bicyclic) bond motifs is 1. The highest BCUT2D eigenvalue weighted by Gasteiger charge is 2.25. The van der Waals surface area contributed by atoms with Gasteiger partial charge in [0.2, 0.25) is 5.91 Å². The van der Waals surface area contributed by atoms with Crippen molar-refractivity contribution < 1.29 is 4.79 Å². The van der Waals surface area contributed by atoms with Crippen LogP contribution in [0.3, 0.4) is 0 Å². The molecule has 2 heteroatoms. The van der Waals surface area contributed by atoms with Crippen molar-refractivity contribution in [2.45, 2.75) is 39.5 Å². The Labute approximate surface area is 104 Å². The summed E-state index contributed by atoms with van der Waals surface area (Å²) in [6.07, 6.45) is 1.71. The van der Waals surface area contributed by atoms with Gasteiger partial charge in [-0.25, -0.2) is 0 Å². The van der Waals surface area contributed by atoms with Crippen LogP contribution >= 0.6 is 0 Å². The van der Waals surface area contributed by atoms with E-state index < -0.39 is 0 Å². The van der Waals surface area contributed by atoms with Crippen molar-refractivity contribution in [3.63, 3.8) is 0 Å². The molecule has 1 aliphatic rings. The van der Waals surface area contributed by atoms with Crippen LogP contribution in [0.15, 0.2) is 24.3 Å². The minimum atomic E-state index is 0.263. The summed E-state index contributed by atoms with van der Waals surface area (Å²) in [5, 5.41) is 0. The summed E-state index contributed by atoms with van der Waals surface area (Å²) in [6.45, 7) is 7.29. The first kappa shape index (κ1) is 12.2. The number of para-hydroxylation sites is 1. The molecule has 1 aliphatic heterocycles. The Morgan fingerprint density at radius 2 is 2.12 bits per heavy atom. The van der Waals surface area contributed by atoms with E-state index in [9.17, 15) is 4.79 Å². The molecular formula is C15H21NO. The highest BCUT2D eigenvalue weighted by molar-refractivity contribution is 5.94. The van der Waals surface area contributed by atoms with Gasteiger partial charge in [0.05, 0.1) is 0 Å². The van der Waals surface area contributed by atoms with Gasteiger partial charge >= 0.3 is 0 Å². The monoisotopic (exact) mass is 231 g/mol. The van der Waals surface area contributed by atoms with Crippen LogP contribution in [-0.2, 0) is 4.79 Å². The molecule has 1 heterocycles. The maximum Gasteiger partial charge on any atom is 0.227 e. The Bertz CT molecular complexity index is 411. The van der Waals surface area contributed by atoms with Gasteiger partial charge in [-0.05, 0) is 29.9 Å². The third-order valence-electron chi connectivity index (χ3n) is 3.43. The van der Waals surface area contributed by atoms with Gasteiger partial charge in [-0.3, -0.25) is 4.79 Å². The maximum absolute atomic E-state index is 12.2. The fraction of sp³-hybridized carbons (Fsp3) is 0.533. The molecule has 0 saturated carbocycles. The third-order valence-corrected chi connectivity index (χ3v) is 3.43. The van der Waals surface area contributed by atoms with Crippen molar-refractivity contribution >= 4 is 11.6 Å². The average Bonchev–Trinajstić information content (AvgIpc) is 2.29. The SMILES string of the molecule is CC(C)CC(=O)N1CCC(C)c2ccccc21. The Kier molecular flexibility index (Phi) is 3.51. The van der Waals surface area contributed by atoms with E-state index in [0.717, 1.165) is 18.7 Å². The molecule has 92 valence electrons. The van der Waals surface area contributed by atoms with E-state index in [1.165, 1.54) is 5.56 Å². The number of anilines is 1. The molecule has 0 N–H and O–H groups in total. The lowest BCUT2D eigenvalue weighted by Gasteiger charge is -2.33. The summed E-state index contributed by atoms with van der Waals surface area (Å²) < 4.78 is 0. The fourth-order valence-corrected chi connectivity index (χ4v) is 2.47. The van der Waals surface area contributed by atoms with Crippen molar-refractivity contribution in [1.29, 1.82) is 0 Å². The second kappa shape index (κ2) is 4.91. The second-order valence-electron chi connectivity index (χ2n) is 5.39. The lowest BCUT2D eigenvalue weighted by atomic mass is 9.91. The van der Waals surface area contributed by atoms with Gasteiger partial charge in [0.1, 0.15) is 0 Å². The van der Waals surface area contributed by atoms with Crippen molar-refractivity contribution in [2.75, 3.05) is 11.4 Å². The van der Waals surface area contributed by atoms with Gasteiger partial charge in [0.25, 0.3) is 0 Å². The summed E-state index contributed by atoms with van der Waals surface area (Å²) in [5.74, 6) is 1.25. The van der Waals surface area contributed by atoms with E-state index in [0.29, 0.717) is 18.3 Å². The molecule has 1 unspecified atom stereocenters. The Morgan fingerprint density at radius 3 is 2.82 bits per heavy atom. The molecule has 1 aromatic rings. The molecule has 0 radical (unpaired) electrons. The van der Waals surface area contributed by atoms with Crippen molar-refractivity contribution in [3.8, 4) is 0 Å². The number of carbonyl (C=O) groups is 1. The minimum Gasteiger partial charge on any atom is -0.312 e. The molecule has 0 aromatic heterocycles. The van der Waals surface area contributed by atoms with Crippen molar-refractivity contribution in [1.82, 2.24) is 0 Å². The molecule has 0 saturated heterocycles. The maximum atomic E-state index is 12.2. The highest BCUT2D eigenvalue weighted by atomic mass is 16.2. The van der Waals surface area contributed by atoms with Gasteiger partial charge in [-0.15, -0.1) is 0 Å². The fourth-order valence-electron chi connectivity index (χ4n) is 2.47. The molecule has 0 aliphatic carbocycles. The zero-order valence-electron chi connectivity index (χ0n) is 10.9. The number of rotatable bonds is 2. The van der Waals surface area contributed by atoms with Crippen LogP contribution in [0.25, 0.3) is 0 Å². The molecule has 1 atom stereocenters. The number of amides is 1. The van der Waals surface area contributed by atoms with E-state index in [1.807, 2.05) is 11.0 Å². The molecule has 1 aromatic carbocycles. The van der Waals surface area contributed by atoms with E-state index in [-0.39, 0.29) is 5.91 Å². The third kappa shape index (κ3) is 2.51. The van der Waals surface area contributed by atoms with Crippen LogP contribution in [0.4, 0.5) is 5.69 Å². The summed E-state index contributed by atoms with van der Waals surface area (Å²) in [6, 6.07) is 8.30. The Morgan fingerprint density at radius 1 is 1.41 bits per heavy atom. The van der Waals surface area contributed by atoms with Crippen molar-refractivity contribution in [3.05, 3.63) is 29.8 Å². The zero-order valence-corrected chi connectivity index (χ0v) is 10.9. The normalized spacial score (nSPS) is 19.3. The predicted molar refractivity (Wildman–Crippen MR) is 71.3 cm³/mol. The Balaban J connectivity index is 2.27. The van der Waals surface area contributed by atoms with Gasteiger partial charge < -0.3 is 4.90 Å². The van der Waals surface area contributed by atoms with Crippen molar-refractivity contribution in [2.24, 2.45) is 5.92 Å². The van der Waals surface area contributed by atoms with E-state index >= 15 is 0 Å². The second-order valence-corrected chi connectivity index (χ2v) is 5.39. The zero-order chi connectivity index (χ0) is 12.4. The molecule has 0 fully saturated rings. The van der Waals surface area contributed by atoms with Gasteiger partial charge in [0, 0.05) is 18.7 Å². The first-order valence-electron chi connectivity index (χ1n) is 6.49. The van der Waals surface area contributed by atoms with Crippen LogP contribution in [0.5, 0.6) is 0 Å². The molecule has 17 heavy (non-hydrogen) atoms. The first-order valence-corrected chi connectivity index (χ1v) is 6.49. The van der Waals surface area contributed by atoms with Crippen LogP contribution in [0.1, 0.15) is 45.1 Å². The van der Waals surface area contributed by atoms with Gasteiger partial charge in [-0.2, -0.15) is 0 Å². The van der Waals surface area contributed by atoms with Crippen LogP contribution in [0.2, 0.25) is 0 Å². The topological polar surface area (TPSA) is 20.3 Å². The minimum absolute atomic E-state index is 0.263.